The molecule has 0 saturated carbocycles. The highest BCUT2D eigenvalue weighted by Gasteiger charge is 2.37. The van der Waals surface area contributed by atoms with Gasteiger partial charge in [-0.1, -0.05) is 12.1 Å². The van der Waals surface area contributed by atoms with E-state index in [0.717, 1.165) is 6.20 Å². The summed E-state index contributed by atoms with van der Waals surface area (Å²) in [5.41, 5.74) is 4.69. The predicted molar refractivity (Wildman–Crippen MR) is 69.5 cm³/mol. The summed E-state index contributed by atoms with van der Waals surface area (Å²) in [5, 5.41) is 13.2. The third kappa shape index (κ3) is 2.14. The SMILES string of the molecule is Nc1cnc2c(-c3cccc(O)c3)cnn2c1C(F)(F)F. The summed E-state index contributed by atoms with van der Waals surface area (Å²) >= 11 is 0. The van der Waals surface area contributed by atoms with E-state index in [4.69, 9.17) is 5.73 Å². The fourth-order valence-corrected chi connectivity index (χ4v) is 2.10. The van der Waals surface area contributed by atoms with Gasteiger partial charge in [0.1, 0.15) is 5.75 Å². The van der Waals surface area contributed by atoms with Crippen molar-refractivity contribution >= 4 is 11.3 Å². The van der Waals surface area contributed by atoms with Gasteiger partial charge in [0.25, 0.3) is 0 Å². The number of phenolic OH excluding ortho intramolecular Hbond substituents is 1. The van der Waals surface area contributed by atoms with Gasteiger partial charge in [0.05, 0.1) is 18.1 Å². The van der Waals surface area contributed by atoms with E-state index in [-0.39, 0.29) is 11.4 Å². The maximum Gasteiger partial charge on any atom is 0.435 e. The molecule has 1 aromatic carbocycles. The van der Waals surface area contributed by atoms with Gasteiger partial charge in [0.15, 0.2) is 11.3 Å². The molecule has 0 spiro atoms. The highest BCUT2D eigenvalue weighted by atomic mass is 19.4. The Kier molecular flexibility index (Phi) is 2.75. The standard InChI is InChI=1S/C13H9F3N4O/c14-13(15,16)11-10(17)6-18-12-9(5-19-20(11)12)7-2-1-3-8(21)4-7/h1-6,21H,17H2. The van der Waals surface area contributed by atoms with E-state index in [9.17, 15) is 18.3 Å². The smallest absolute Gasteiger partial charge is 0.435 e. The number of halogens is 3. The normalized spacial score (nSPS) is 12.0. The molecule has 5 nitrogen and oxygen atoms in total. The summed E-state index contributed by atoms with van der Waals surface area (Å²) in [4.78, 5) is 3.91. The Bertz CT molecular complexity index is 826. The van der Waals surface area contributed by atoms with Crippen LogP contribution in [-0.2, 0) is 6.18 Å². The van der Waals surface area contributed by atoms with Crippen LogP contribution in [0.25, 0.3) is 16.8 Å². The second-order valence-electron chi connectivity index (χ2n) is 4.40. The third-order valence-corrected chi connectivity index (χ3v) is 2.98. The van der Waals surface area contributed by atoms with Crippen molar-refractivity contribution in [2.75, 3.05) is 5.73 Å². The minimum Gasteiger partial charge on any atom is -0.508 e. The van der Waals surface area contributed by atoms with Crippen LogP contribution in [0, 0.1) is 0 Å². The number of aromatic hydroxyl groups is 1. The second-order valence-corrected chi connectivity index (χ2v) is 4.40. The number of fused-ring (bicyclic) bond motifs is 1. The van der Waals surface area contributed by atoms with E-state index in [2.05, 4.69) is 10.1 Å². The molecule has 0 fully saturated rings. The highest BCUT2D eigenvalue weighted by molar-refractivity contribution is 5.78. The van der Waals surface area contributed by atoms with Crippen molar-refractivity contribution in [1.29, 1.82) is 0 Å². The first-order valence-electron chi connectivity index (χ1n) is 5.87. The number of benzene rings is 1. The number of aromatic nitrogens is 3. The van der Waals surface area contributed by atoms with Crippen LogP contribution in [0.4, 0.5) is 18.9 Å². The predicted octanol–water partition coefficient (Wildman–Crippen LogP) is 2.70. The zero-order valence-corrected chi connectivity index (χ0v) is 10.5. The molecule has 2 heterocycles. The lowest BCUT2D eigenvalue weighted by molar-refractivity contribution is -0.141. The molecule has 0 aliphatic rings. The zero-order chi connectivity index (χ0) is 15.2. The van der Waals surface area contributed by atoms with E-state index < -0.39 is 17.6 Å². The minimum atomic E-state index is -4.65. The van der Waals surface area contributed by atoms with Gasteiger partial charge in [-0.25, -0.2) is 9.50 Å². The van der Waals surface area contributed by atoms with Crippen LogP contribution in [0.15, 0.2) is 36.7 Å². The molecule has 0 saturated heterocycles. The van der Waals surface area contributed by atoms with Crippen molar-refractivity contribution in [3.05, 3.63) is 42.4 Å². The number of nitrogens with two attached hydrogens (primary N) is 1. The number of phenols is 1. The molecule has 21 heavy (non-hydrogen) atoms. The van der Waals surface area contributed by atoms with Crippen LogP contribution in [-0.4, -0.2) is 19.7 Å². The van der Waals surface area contributed by atoms with Crippen LogP contribution >= 0.6 is 0 Å². The van der Waals surface area contributed by atoms with Gasteiger partial charge in [-0.05, 0) is 17.7 Å². The number of anilines is 1. The van der Waals surface area contributed by atoms with Gasteiger partial charge in [-0.3, -0.25) is 0 Å². The lowest BCUT2D eigenvalue weighted by Gasteiger charge is -2.11. The molecule has 108 valence electrons. The van der Waals surface area contributed by atoms with Crippen LogP contribution in [0.5, 0.6) is 5.75 Å². The van der Waals surface area contributed by atoms with Crippen molar-refractivity contribution in [3.8, 4) is 16.9 Å². The highest BCUT2D eigenvalue weighted by Crippen LogP contribution is 2.35. The summed E-state index contributed by atoms with van der Waals surface area (Å²) in [6.07, 6.45) is -2.44. The molecule has 0 atom stereocenters. The maximum absolute atomic E-state index is 13.0. The maximum atomic E-state index is 13.0. The van der Waals surface area contributed by atoms with Crippen LogP contribution in [0.3, 0.4) is 0 Å². The summed E-state index contributed by atoms with van der Waals surface area (Å²) in [5.74, 6) is -0.00154. The van der Waals surface area contributed by atoms with Gasteiger partial charge < -0.3 is 10.8 Å². The van der Waals surface area contributed by atoms with Crippen LogP contribution in [0.2, 0.25) is 0 Å². The fourth-order valence-electron chi connectivity index (χ4n) is 2.10. The fraction of sp³-hybridized carbons (Fsp3) is 0.0769. The topological polar surface area (TPSA) is 76.4 Å². The van der Waals surface area contributed by atoms with Crippen molar-refractivity contribution < 1.29 is 18.3 Å². The van der Waals surface area contributed by atoms with Crippen molar-refractivity contribution in [1.82, 2.24) is 14.6 Å². The van der Waals surface area contributed by atoms with Crippen LogP contribution < -0.4 is 5.73 Å². The average Bonchev–Trinajstić information content (AvgIpc) is 2.80. The molecule has 0 aliphatic carbocycles. The second kappa shape index (κ2) is 4.37. The third-order valence-electron chi connectivity index (χ3n) is 2.98. The lowest BCUT2D eigenvalue weighted by atomic mass is 10.1. The number of alkyl halides is 3. The molecule has 0 aliphatic heterocycles. The Labute approximate surface area is 116 Å². The number of nitrogens with zero attached hydrogens (tertiary/aromatic N) is 3. The summed E-state index contributed by atoms with van der Waals surface area (Å²) in [7, 11) is 0. The zero-order valence-electron chi connectivity index (χ0n) is 10.5. The molecule has 0 unspecified atom stereocenters. The first-order chi connectivity index (χ1) is 9.88. The Morgan fingerprint density at radius 1 is 1.19 bits per heavy atom. The number of hydrogen-bond acceptors (Lipinski definition) is 4. The van der Waals surface area contributed by atoms with Crippen molar-refractivity contribution in [2.24, 2.45) is 0 Å². The van der Waals surface area contributed by atoms with Gasteiger partial charge in [-0.2, -0.15) is 18.3 Å². The molecule has 3 N–H and O–H groups in total. The Balaban J connectivity index is 2.30. The molecule has 8 heteroatoms. The average molecular weight is 294 g/mol. The van der Waals surface area contributed by atoms with Crippen LogP contribution in [0.1, 0.15) is 5.69 Å². The lowest BCUT2D eigenvalue weighted by Crippen LogP contribution is -2.16. The van der Waals surface area contributed by atoms with Gasteiger partial charge in [0, 0.05) is 5.56 Å². The largest absolute Gasteiger partial charge is 0.508 e. The Morgan fingerprint density at radius 2 is 1.95 bits per heavy atom. The van der Waals surface area contributed by atoms with Crippen molar-refractivity contribution in [3.63, 3.8) is 0 Å². The molecule has 0 bridgehead atoms. The Morgan fingerprint density at radius 3 is 2.62 bits per heavy atom. The molecule has 3 rings (SSSR count). The molecule has 0 amide bonds. The quantitative estimate of drug-likeness (QED) is 0.723. The first kappa shape index (κ1) is 13.2. The number of nitrogen functional groups attached to an aromatic ring is 1. The van der Waals surface area contributed by atoms with E-state index >= 15 is 0 Å². The Hall–Kier alpha value is -2.77. The molecular weight excluding hydrogens is 285 g/mol. The number of hydrogen-bond donors (Lipinski definition) is 2. The van der Waals surface area contributed by atoms with E-state index in [1.807, 2.05) is 0 Å². The van der Waals surface area contributed by atoms with Gasteiger partial charge in [0.2, 0.25) is 0 Å². The number of rotatable bonds is 1. The molecule has 2 aromatic heterocycles. The monoisotopic (exact) mass is 294 g/mol. The van der Waals surface area contributed by atoms with Gasteiger partial charge >= 0.3 is 6.18 Å². The first-order valence-corrected chi connectivity index (χ1v) is 5.87. The van der Waals surface area contributed by atoms with E-state index in [1.165, 1.54) is 18.3 Å². The van der Waals surface area contributed by atoms with Crippen molar-refractivity contribution in [2.45, 2.75) is 6.18 Å². The molecule has 0 radical (unpaired) electrons. The molecule has 3 aromatic rings. The molecular formula is C13H9F3N4O. The summed E-state index contributed by atoms with van der Waals surface area (Å²) < 4.78 is 39.8. The van der Waals surface area contributed by atoms with E-state index in [0.29, 0.717) is 15.6 Å². The summed E-state index contributed by atoms with van der Waals surface area (Å²) in [6.45, 7) is 0. The summed E-state index contributed by atoms with van der Waals surface area (Å²) in [6, 6.07) is 6.10. The van der Waals surface area contributed by atoms with E-state index in [1.54, 1.807) is 12.1 Å². The van der Waals surface area contributed by atoms with Gasteiger partial charge in [-0.15, -0.1) is 0 Å². The minimum absolute atomic E-state index is 0.00154.